The molecule has 0 atom stereocenters. The largest absolute Gasteiger partial charge is 0.338 e. The molecular weight excluding hydrogens is 296 g/mol. The molecule has 0 saturated carbocycles. The second-order valence-corrected chi connectivity index (χ2v) is 6.20. The number of thiazole rings is 1. The van der Waals surface area contributed by atoms with Gasteiger partial charge in [-0.3, -0.25) is 0 Å². The monoisotopic (exact) mass is 310 g/mol. The Morgan fingerprint density at radius 2 is 2.14 bits per heavy atom. The lowest BCUT2D eigenvalue weighted by Crippen LogP contribution is -1.98. The number of benzene rings is 1. The molecule has 0 aliphatic carbocycles. The van der Waals surface area contributed by atoms with Crippen molar-refractivity contribution >= 4 is 44.2 Å². The average Bonchev–Trinajstić information content (AvgIpc) is 3.09. The summed E-state index contributed by atoms with van der Waals surface area (Å²) < 4.78 is 3.18. The summed E-state index contributed by atoms with van der Waals surface area (Å²) >= 11 is 1.70. The minimum atomic E-state index is 0.712. The fourth-order valence-corrected chi connectivity index (χ4v) is 3.27. The van der Waals surface area contributed by atoms with Gasteiger partial charge in [0.15, 0.2) is 17.0 Å². The predicted molar refractivity (Wildman–Crippen MR) is 88.6 cm³/mol. The Bertz CT molecular complexity index is 971. The van der Waals surface area contributed by atoms with Crippen LogP contribution in [0.2, 0.25) is 0 Å². The molecule has 1 N–H and O–H groups in total. The van der Waals surface area contributed by atoms with E-state index in [0.29, 0.717) is 5.82 Å². The SMILES string of the molecule is CCn1cnc2c(Nc3ccc4sc(C)nc4c3)ncnc21. The molecule has 0 aliphatic heterocycles. The van der Waals surface area contributed by atoms with Gasteiger partial charge in [-0.15, -0.1) is 11.3 Å². The highest BCUT2D eigenvalue weighted by Crippen LogP contribution is 2.27. The van der Waals surface area contributed by atoms with Gasteiger partial charge in [0.1, 0.15) is 6.33 Å². The van der Waals surface area contributed by atoms with Gasteiger partial charge in [-0.1, -0.05) is 0 Å². The average molecular weight is 310 g/mol. The third-order valence-corrected chi connectivity index (χ3v) is 4.45. The molecule has 1 aromatic carbocycles. The van der Waals surface area contributed by atoms with E-state index in [1.807, 2.05) is 23.6 Å². The summed E-state index contributed by atoms with van der Waals surface area (Å²) in [6.45, 7) is 4.91. The van der Waals surface area contributed by atoms with Crippen LogP contribution in [0.3, 0.4) is 0 Å². The standard InChI is InChI=1S/C15H14N6S/c1-3-21-8-18-13-14(16-7-17-15(13)21)20-10-4-5-12-11(6-10)19-9(2)22-12/h4-8H,3H2,1-2H3,(H,16,17,20). The number of hydrogen-bond donors (Lipinski definition) is 1. The molecule has 110 valence electrons. The van der Waals surface area contributed by atoms with Crippen molar-refractivity contribution in [2.75, 3.05) is 5.32 Å². The molecule has 0 spiro atoms. The van der Waals surface area contributed by atoms with Gasteiger partial charge in [0.05, 0.1) is 21.6 Å². The van der Waals surface area contributed by atoms with Crippen LogP contribution in [-0.2, 0) is 6.54 Å². The van der Waals surface area contributed by atoms with Gasteiger partial charge < -0.3 is 9.88 Å². The second kappa shape index (κ2) is 5.03. The fraction of sp³-hybridized carbons (Fsp3) is 0.200. The third kappa shape index (κ3) is 2.10. The van der Waals surface area contributed by atoms with Gasteiger partial charge in [0.25, 0.3) is 0 Å². The van der Waals surface area contributed by atoms with Crippen molar-refractivity contribution in [2.24, 2.45) is 0 Å². The van der Waals surface area contributed by atoms with Crippen molar-refractivity contribution < 1.29 is 0 Å². The molecule has 0 fully saturated rings. The minimum Gasteiger partial charge on any atom is -0.338 e. The summed E-state index contributed by atoms with van der Waals surface area (Å²) in [5, 5.41) is 4.39. The molecule has 0 bridgehead atoms. The molecular formula is C15H14N6S. The van der Waals surface area contributed by atoms with Crippen LogP contribution < -0.4 is 5.32 Å². The lowest BCUT2D eigenvalue weighted by molar-refractivity contribution is 0.777. The highest BCUT2D eigenvalue weighted by Gasteiger charge is 2.10. The van der Waals surface area contributed by atoms with E-state index >= 15 is 0 Å². The molecule has 0 aliphatic rings. The number of hydrogen-bond acceptors (Lipinski definition) is 6. The van der Waals surface area contributed by atoms with Gasteiger partial charge in [0, 0.05) is 12.2 Å². The number of nitrogens with one attached hydrogen (secondary N) is 1. The van der Waals surface area contributed by atoms with Crippen molar-refractivity contribution in [3.05, 3.63) is 35.9 Å². The molecule has 7 heteroatoms. The van der Waals surface area contributed by atoms with E-state index in [2.05, 4.69) is 38.2 Å². The van der Waals surface area contributed by atoms with Crippen molar-refractivity contribution in [1.82, 2.24) is 24.5 Å². The molecule has 0 unspecified atom stereocenters. The molecule has 22 heavy (non-hydrogen) atoms. The van der Waals surface area contributed by atoms with E-state index in [9.17, 15) is 0 Å². The number of aryl methyl sites for hydroxylation is 2. The van der Waals surface area contributed by atoms with E-state index in [-0.39, 0.29) is 0 Å². The fourth-order valence-electron chi connectivity index (χ4n) is 2.46. The van der Waals surface area contributed by atoms with Crippen LogP contribution in [0.1, 0.15) is 11.9 Å². The first kappa shape index (κ1) is 13.1. The van der Waals surface area contributed by atoms with Crippen LogP contribution in [0.25, 0.3) is 21.4 Å². The minimum absolute atomic E-state index is 0.712. The maximum absolute atomic E-state index is 4.52. The first-order valence-corrected chi connectivity index (χ1v) is 7.86. The molecule has 0 amide bonds. The van der Waals surface area contributed by atoms with Crippen molar-refractivity contribution in [3.8, 4) is 0 Å². The Kier molecular flexibility index (Phi) is 3.00. The van der Waals surface area contributed by atoms with Crippen LogP contribution in [-0.4, -0.2) is 24.5 Å². The molecule has 3 aromatic heterocycles. The Morgan fingerprint density at radius 3 is 3.00 bits per heavy atom. The Labute approximate surface area is 130 Å². The van der Waals surface area contributed by atoms with Crippen LogP contribution in [0.5, 0.6) is 0 Å². The number of aromatic nitrogens is 5. The zero-order valence-corrected chi connectivity index (χ0v) is 13.1. The van der Waals surface area contributed by atoms with E-state index in [0.717, 1.165) is 33.9 Å². The van der Waals surface area contributed by atoms with E-state index < -0.39 is 0 Å². The van der Waals surface area contributed by atoms with Crippen LogP contribution in [0.4, 0.5) is 11.5 Å². The zero-order valence-electron chi connectivity index (χ0n) is 12.2. The van der Waals surface area contributed by atoms with Gasteiger partial charge in [0.2, 0.25) is 0 Å². The second-order valence-electron chi connectivity index (χ2n) is 4.97. The molecule has 4 aromatic rings. The smallest absolute Gasteiger partial charge is 0.165 e. The first-order valence-electron chi connectivity index (χ1n) is 7.04. The van der Waals surface area contributed by atoms with Crippen molar-refractivity contribution in [3.63, 3.8) is 0 Å². The van der Waals surface area contributed by atoms with Crippen LogP contribution >= 0.6 is 11.3 Å². The topological polar surface area (TPSA) is 68.5 Å². The summed E-state index contributed by atoms with van der Waals surface area (Å²) in [5.74, 6) is 0.712. The van der Waals surface area contributed by atoms with Gasteiger partial charge in [-0.25, -0.2) is 19.9 Å². The lowest BCUT2D eigenvalue weighted by atomic mass is 10.3. The number of anilines is 2. The zero-order chi connectivity index (χ0) is 15.1. The van der Waals surface area contributed by atoms with E-state index in [1.165, 1.54) is 4.70 Å². The number of fused-ring (bicyclic) bond motifs is 2. The highest BCUT2D eigenvalue weighted by molar-refractivity contribution is 7.18. The van der Waals surface area contributed by atoms with Crippen LogP contribution in [0, 0.1) is 6.92 Å². The summed E-state index contributed by atoms with van der Waals surface area (Å²) in [6, 6.07) is 6.14. The van der Waals surface area contributed by atoms with Gasteiger partial charge >= 0.3 is 0 Å². The molecule has 0 saturated heterocycles. The van der Waals surface area contributed by atoms with Crippen LogP contribution in [0.15, 0.2) is 30.9 Å². The maximum atomic E-state index is 4.52. The third-order valence-electron chi connectivity index (χ3n) is 3.50. The molecule has 0 radical (unpaired) electrons. The Balaban J connectivity index is 1.76. The maximum Gasteiger partial charge on any atom is 0.165 e. The molecule has 3 heterocycles. The summed E-state index contributed by atoms with van der Waals surface area (Å²) in [6.07, 6.45) is 3.35. The number of rotatable bonds is 3. The lowest BCUT2D eigenvalue weighted by Gasteiger charge is -2.06. The highest BCUT2D eigenvalue weighted by atomic mass is 32.1. The van der Waals surface area contributed by atoms with Crippen molar-refractivity contribution in [2.45, 2.75) is 20.4 Å². The Hall–Kier alpha value is -2.54. The number of nitrogens with zero attached hydrogens (tertiary/aromatic N) is 5. The Morgan fingerprint density at radius 1 is 1.23 bits per heavy atom. The van der Waals surface area contributed by atoms with Gasteiger partial charge in [-0.2, -0.15) is 0 Å². The summed E-state index contributed by atoms with van der Waals surface area (Å²) in [5.41, 5.74) is 3.56. The van der Waals surface area contributed by atoms with E-state index in [1.54, 1.807) is 24.0 Å². The molecule has 6 nitrogen and oxygen atoms in total. The first-order chi connectivity index (χ1) is 10.7. The van der Waals surface area contributed by atoms with Crippen molar-refractivity contribution in [1.29, 1.82) is 0 Å². The number of imidazole rings is 1. The normalized spacial score (nSPS) is 11.4. The predicted octanol–water partition coefficient (Wildman–Crippen LogP) is 3.51. The summed E-state index contributed by atoms with van der Waals surface area (Å²) in [4.78, 5) is 17.6. The van der Waals surface area contributed by atoms with Gasteiger partial charge in [-0.05, 0) is 32.0 Å². The molecule has 4 rings (SSSR count). The quantitative estimate of drug-likeness (QED) is 0.627. The van der Waals surface area contributed by atoms with E-state index in [4.69, 9.17) is 0 Å². The summed E-state index contributed by atoms with van der Waals surface area (Å²) in [7, 11) is 0.